The zero-order chi connectivity index (χ0) is 23.1. The Hall–Kier alpha value is -2.09. The van der Waals surface area contributed by atoms with Crippen molar-refractivity contribution >= 4 is 40.9 Å². The van der Waals surface area contributed by atoms with E-state index >= 15 is 0 Å². The maximum atomic E-state index is 14.3. The molecule has 0 atom stereocenters. The average Bonchev–Trinajstić information content (AvgIpc) is 2.77. The van der Waals surface area contributed by atoms with Crippen LogP contribution in [0.2, 0.25) is 5.02 Å². The number of anilines is 1. The second-order valence-corrected chi connectivity index (χ2v) is 9.17. The normalized spacial score (nSPS) is 13.4. The molecule has 0 fully saturated rings. The van der Waals surface area contributed by atoms with Gasteiger partial charge in [0, 0.05) is 34.1 Å². The predicted molar refractivity (Wildman–Crippen MR) is 129 cm³/mol. The van der Waals surface area contributed by atoms with Crippen molar-refractivity contribution < 1.29 is 14.0 Å². The molecule has 3 rings (SSSR count). The largest absolute Gasteiger partial charge is 0.351 e. The standard InChI is InChI=1S/C24H29ClFN3O2S/c1-3-11-28(12-4-2)13-10-27-24(31)17-8-9-22-21(14-17)29(23(30)16-32-22)15-18-19(25)6-5-7-20(18)26/h5-9,14H,3-4,10-13,15-16H2,1-2H3,(H,27,31). The van der Waals surface area contributed by atoms with Crippen molar-refractivity contribution in [3.05, 3.63) is 58.4 Å². The van der Waals surface area contributed by atoms with E-state index in [0.29, 0.717) is 17.8 Å². The molecule has 1 aliphatic heterocycles. The fraction of sp³-hybridized carbons (Fsp3) is 0.417. The monoisotopic (exact) mass is 477 g/mol. The van der Waals surface area contributed by atoms with Gasteiger partial charge in [0.2, 0.25) is 5.91 Å². The highest BCUT2D eigenvalue weighted by Crippen LogP contribution is 2.37. The second kappa shape index (κ2) is 11.7. The summed E-state index contributed by atoms with van der Waals surface area (Å²) >= 11 is 7.60. The number of amides is 2. The number of carbonyl (C=O) groups is 2. The third kappa shape index (κ3) is 6.03. The van der Waals surface area contributed by atoms with Crippen molar-refractivity contribution in [2.45, 2.75) is 38.1 Å². The van der Waals surface area contributed by atoms with Gasteiger partial charge in [-0.1, -0.05) is 31.5 Å². The Labute approximate surface area is 198 Å². The minimum Gasteiger partial charge on any atom is -0.351 e. The number of nitrogens with one attached hydrogen (secondary N) is 1. The van der Waals surface area contributed by atoms with E-state index in [1.165, 1.54) is 28.8 Å². The first-order chi connectivity index (χ1) is 15.4. The molecule has 2 amide bonds. The molecular weight excluding hydrogens is 449 g/mol. The fourth-order valence-corrected chi connectivity index (χ4v) is 4.89. The zero-order valence-electron chi connectivity index (χ0n) is 18.5. The molecule has 1 aliphatic rings. The van der Waals surface area contributed by atoms with Gasteiger partial charge in [0.1, 0.15) is 5.82 Å². The Morgan fingerprint density at radius 1 is 1.19 bits per heavy atom. The van der Waals surface area contributed by atoms with Gasteiger partial charge in [0.15, 0.2) is 0 Å². The molecule has 2 aromatic carbocycles. The summed E-state index contributed by atoms with van der Waals surface area (Å²) in [5.41, 5.74) is 1.35. The smallest absolute Gasteiger partial charge is 0.251 e. The van der Waals surface area contributed by atoms with Gasteiger partial charge < -0.3 is 15.1 Å². The topological polar surface area (TPSA) is 52.7 Å². The highest BCUT2D eigenvalue weighted by Gasteiger charge is 2.27. The van der Waals surface area contributed by atoms with Gasteiger partial charge in [-0.05, 0) is 56.3 Å². The molecule has 0 saturated heterocycles. The third-order valence-electron chi connectivity index (χ3n) is 5.34. The first-order valence-electron chi connectivity index (χ1n) is 10.9. The summed E-state index contributed by atoms with van der Waals surface area (Å²) in [5, 5.41) is 3.25. The number of nitrogens with zero attached hydrogens (tertiary/aromatic N) is 2. The number of carbonyl (C=O) groups excluding carboxylic acids is 2. The van der Waals surface area contributed by atoms with Crippen LogP contribution in [0.5, 0.6) is 0 Å². The van der Waals surface area contributed by atoms with Crippen LogP contribution in [0, 0.1) is 5.82 Å². The van der Waals surface area contributed by atoms with E-state index in [0.717, 1.165) is 37.4 Å². The van der Waals surface area contributed by atoms with Gasteiger partial charge in [-0.25, -0.2) is 4.39 Å². The first-order valence-corrected chi connectivity index (χ1v) is 12.3. The van der Waals surface area contributed by atoms with E-state index in [2.05, 4.69) is 24.1 Å². The van der Waals surface area contributed by atoms with E-state index in [-0.39, 0.29) is 34.7 Å². The molecule has 1 N–H and O–H groups in total. The van der Waals surface area contributed by atoms with E-state index < -0.39 is 5.82 Å². The molecule has 0 saturated carbocycles. The van der Waals surface area contributed by atoms with Crippen LogP contribution < -0.4 is 10.2 Å². The van der Waals surface area contributed by atoms with Crippen molar-refractivity contribution in [3.63, 3.8) is 0 Å². The minimum absolute atomic E-state index is 0.0198. The van der Waals surface area contributed by atoms with E-state index in [1.54, 1.807) is 18.2 Å². The quantitative estimate of drug-likeness (QED) is 0.525. The van der Waals surface area contributed by atoms with Gasteiger partial charge in [-0.15, -0.1) is 11.8 Å². The number of benzene rings is 2. The summed E-state index contributed by atoms with van der Waals surface area (Å²) in [4.78, 5) is 30.2. The number of halogens is 2. The van der Waals surface area contributed by atoms with Crippen molar-refractivity contribution in [2.24, 2.45) is 0 Å². The van der Waals surface area contributed by atoms with E-state index in [4.69, 9.17) is 11.6 Å². The Morgan fingerprint density at radius 2 is 1.94 bits per heavy atom. The van der Waals surface area contributed by atoms with Crippen LogP contribution in [0.3, 0.4) is 0 Å². The van der Waals surface area contributed by atoms with Crippen LogP contribution in [0.25, 0.3) is 0 Å². The maximum absolute atomic E-state index is 14.3. The third-order valence-corrected chi connectivity index (χ3v) is 6.74. The Balaban J connectivity index is 1.75. The lowest BCUT2D eigenvalue weighted by Gasteiger charge is -2.30. The summed E-state index contributed by atoms with van der Waals surface area (Å²) in [6.07, 6.45) is 2.15. The van der Waals surface area contributed by atoms with Crippen molar-refractivity contribution in [1.82, 2.24) is 10.2 Å². The van der Waals surface area contributed by atoms with Crippen LogP contribution in [0.4, 0.5) is 10.1 Å². The molecule has 8 heteroatoms. The lowest BCUT2D eigenvalue weighted by Crippen LogP contribution is -2.37. The van der Waals surface area contributed by atoms with Gasteiger partial charge in [0.25, 0.3) is 5.91 Å². The summed E-state index contributed by atoms with van der Waals surface area (Å²) < 4.78 is 14.3. The highest BCUT2D eigenvalue weighted by molar-refractivity contribution is 8.00. The molecule has 0 aromatic heterocycles. The van der Waals surface area contributed by atoms with Crippen LogP contribution in [-0.2, 0) is 11.3 Å². The van der Waals surface area contributed by atoms with E-state index in [1.807, 2.05) is 6.07 Å². The Kier molecular flexibility index (Phi) is 8.96. The number of rotatable bonds is 10. The SMILES string of the molecule is CCCN(CCC)CCNC(=O)c1ccc2c(c1)N(Cc1c(F)cccc1Cl)C(=O)CS2. The molecule has 2 aromatic rings. The molecule has 0 radical (unpaired) electrons. The first kappa shape index (κ1) is 24.6. The van der Waals surface area contributed by atoms with Crippen molar-refractivity contribution in [2.75, 3.05) is 36.8 Å². The predicted octanol–water partition coefficient (Wildman–Crippen LogP) is 4.97. The molecule has 1 heterocycles. The number of thioether (sulfide) groups is 1. The van der Waals surface area contributed by atoms with Crippen molar-refractivity contribution in [1.29, 1.82) is 0 Å². The molecule has 5 nitrogen and oxygen atoms in total. The molecule has 0 unspecified atom stereocenters. The second-order valence-electron chi connectivity index (χ2n) is 7.75. The molecule has 0 spiro atoms. The number of hydrogen-bond donors (Lipinski definition) is 1. The van der Waals surface area contributed by atoms with Gasteiger partial charge in [-0.3, -0.25) is 9.59 Å². The molecular formula is C24H29ClFN3O2S. The summed E-state index contributed by atoms with van der Waals surface area (Å²) in [6.45, 7) is 7.68. The number of hydrogen-bond acceptors (Lipinski definition) is 4. The zero-order valence-corrected chi connectivity index (χ0v) is 20.1. The Bertz CT molecular complexity index is 946. The van der Waals surface area contributed by atoms with Crippen LogP contribution >= 0.6 is 23.4 Å². The maximum Gasteiger partial charge on any atom is 0.251 e. The van der Waals surface area contributed by atoms with Crippen LogP contribution in [0.15, 0.2) is 41.3 Å². The van der Waals surface area contributed by atoms with E-state index in [9.17, 15) is 14.0 Å². The number of fused-ring (bicyclic) bond motifs is 1. The molecule has 32 heavy (non-hydrogen) atoms. The average molecular weight is 478 g/mol. The summed E-state index contributed by atoms with van der Waals surface area (Å²) in [6, 6.07) is 9.79. The van der Waals surface area contributed by atoms with Crippen LogP contribution in [0.1, 0.15) is 42.6 Å². The fourth-order valence-electron chi connectivity index (χ4n) is 3.76. The lowest BCUT2D eigenvalue weighted by molar-refractivity contribution is -0.116. The summed E-state index contributed by atoms with van der Waals surface area (Å²) in [7, 11) is 0. The van der Waals surface area contributed by atoms with Gasteiger partial charge in [0.05, 0.1) is 18.0 Å². The molecule has 172 valence electrons. The minimum atomic E-state index is -0.456. The summed E-state index contributed by atoms with van der Waals surface area (Å²) in [5.74, 6) is -0.528. The van der Waals surface area contributed by atoms with Crippen LogP contribution in [-0.4, -0.2) is 48.6 Å². The Morgan fingerprint density at radius 3 is 2.62 bits per heavy atom. The van der Waals surface area contributed by atoms with Gasteiger partial charge in [-0.2, -0.15) is 0 Å². The van der Waals surface area contributed by atoms with Gasteiger partial charge >= 0.3 is 0 Å². The molecule has 0 bridgehead atoms. The molecule has 0 aliphatic carbocycles. The highest BCUT2D eigenvalue weighted by atomic mass is 35.5. The lowest BCUT2D eigenvalue weighted by atomic mass is 10.1. The van der Waals surface area contributed by atoms with Crippen molar-refractivity contribution in [3.8, 4) is 0 Å².